The number of imidazole rings is 1. The molecule has 1 heterocycles. The summed E-state index contributed by atoms with van der Waals surface area (Å²) < 4.78 is 5.45. The highest BCUT2D eigenvalue weighted by Gasteiger charge is 2.15. The molecule has 1 aromatic carbocycles. The second kappa shape index (κ2) is 7.26. The largest absolute Gasteiger partial charge is 0.489 e. The summed E-state index contributed by atoms with van der Waals surface area (Å²) in [4.78, 5) is 28.5. The van der Waals surface area contributed by atoms with Crippen molar-refractivity contribution >= 4 is 5.78 Å². The van der Waals surface area contributed by atoms with Gasteiger partial charge in [-0.1, -0.05) is 0 Å². The van der Waals surface area contributed by atoms with E-state index >= 15 is 0 Å². The lowest BCUT2D eigenvalue weighted by Gasteiger charge is -2.16. The number of aromatic nitrogens is 2. The van der Waals surface area contributed by atoms with Gasteiger partial charge >= 0.3 is 5.69 Å². The van der Waals surface area contributed by atoms with Crippen molar-refractivity contribution in [1.29, 1.82) is 0 Å². The van der Waals surface area contributed by atoms with Crippen molar-refractivity contribution in [1.82, 2.24) is 15.3 Å². The minimum atomic E-state index is -0.760. The van der Waals surface area contributed by atoms with Crippen LogP contribution in [0.2, 0.25) is 0 Å². The number of rotatable bonds is 7. The molecular weight excluding hydrogens is 298 g/mol. The molecule has 0 spiro atoms. The minimum absolute atomic E-state index is 0.107. The molecule has 1 aromatic heterocycles. The van der Waals surface area contributed by atoms with Crippen LogP contribution in [-0.2, 0) is 0 Å². The topological polar surface area (TPSA) is 107 Å². The van der Waals surface area contributed by atoms with Crippen LogP contribution in [0.25, 0.3) is 0 Å². The van der Waals surface area contributed by atoms with E-state index < -0.39 is 11.9 Å². The first kappa shape index (κ1) is 17.0. The molecule has 2 rings (SSSR count). The molecule has 0 fully saturated rings. The maximum atomic E-state index is 12.3. The molecule has 0 bridgehead atoms. The average Bonchev–Trinajstić information content (AvgIpc) is 2.83. The van der Waals surface area contributed by atoms with E-state index in [0.717, 1.165) is 0 Å². The SMILES string of the molecule is Cc1[nH]c(=O)[nH]c1C(=O)c1ccc(OCC(O)NC(C)C)cc1. The Balaban J connectivity index is 2.00. The molecule has 0 amide bonds. The van der Waals surface area contributed by atoms with E-state index in [1.807, 2.05) is 13.8 Å². The number of aliphatic hydroxyl groups excluding tert-OH is 1. The lowest BCUT2D eigenvalue weighted by Crippen LogP contribution is -2.38. The van der Waals surface area contributed by atoms with Gasteiger partial charge in [-0.15, -0.1) is 0 Å². The number of H-pyrrole nitrogens is 2. The third-order valence-electron chi connectivity index (χ3n) is 3.19. The maximum Gasteiger partial charge on any atom is 0.323 e. The van der Waals surface area contributed by atoms with E-state index in [-0.39, 0.29) is 24.1 Å². The van der Waals surface area contributed by atoms with Crippen LogP contribution in [0.4, 0.5) is 0 Å². The fraction of sp³-hybridized carbons (Fsp3) is 0.375. The Labute approximate surface area is 133 Å². The summed E-state index contributed by atoms with van der Waals surface area (Å²) in [7, 11) is 0. The summed E-state index contributed by atoms with van der Waals surface area (Å²) in [6.45, 7) is 5.62. The third-order valence-corrected chi connectivity index (χ3v) is 3.19. The Kier molecular flexibility index (Phi) is 5.36. The number of aromatic amines is 2. The molecule has 23 heavy (non-hydrogen) atoms. The highest BCUT2D eigenvalue weighted by atomic mass is 16.5. The lowest BCUT2D eigenvalue weighted by molar-refractivity contribution is 0.0719. The Bertz CT molecular complexity index is 716. The second-order valence-electron chi connectivity index (χ2n) is 5.58. The quantitative estimate of drug-likeness (QED) is 0.449. The van der Waals surface area contributed by atoms with Crippen molar-refractivity contribution in [3.63, 3.8) is 0 Å². The third kappa shape index (κ3) is 4.54. The summed E-state index contributed by atoms with van der Waals surface area (Å²) in [5, 5.41) is 12.6. The van der Waals surface area contributed by atoms with E-state index in [2.05, 4.69) is 15.3 Å². The highest BCUT2D eigenvalue weighted by Crippen LogP contribution is 2.15. The van der Waals surface area contributed by atoms with E-state index in [9.17, 15) is 14.7 Å². The number of aryl methyl sites for hydroxylation is 1. The molecule has 124 valence electrons. The fourth-order valence-electron chi connectivity index (χ4n) is 2.15. The van der Waals surface area contributed by atoms with Crippen LogP contribution in [-0.4, -0.2) is 39.7 Å². The molecule has 1 unspecified atom stereocenters. The Morgan fingerprint density at radius 2 is 1.91 bits per heavy atom. The summed E-state index contributed by atoms with van der Waals surface area (Å²) in [6.07, 6.45) is -0.760. The number of aliphatic hydroxyl groups is 1. The van der Waals surface area contributed by atoms with Crippen LogP contribution >= 0.6 is 0 Å². The molecule has 7 heteroatoms. The van der Waals surface area contributed by atoms with Gasteiger partial charge in [0.05, 0.1) is 0 Å². The van der Waals surface area contributed by atoms with Crippen molar-refractivity contribution in [3.8, 4) is 5.75 Å². The number of hydrogen-bond donors (Lipinski definition) is 4. The van der Waals surface area contributed by atoms with Gasteiger partial charge in [-0.25, -0.2) is 4.79 Å². The zero-order valence-electron chi connectivity index (χ0n) is 13.3. The predicted octanol–water partition coefficient (Wildman–Crippen LogP) is 0.938. The van der Waals surface area contributed by atoms with Crippen LogP contribution in [0.15, 0.2) is 29.1 Å². The normalized spacial score (nSPS) is 12.4. The molecule has 1 atom stereocenters. The molecule has 0 aliphatic rings. The predicted molar refractivity (Wildman–Crippen MR) is 85.8 cm³/mol. The summed E-state index contributed by atoms with van der Waals surface area (Å²) in [5.41, 5.74) is 0.789. The molecule has 0 saturated carbocycles. The van der Waals surface area contributed by atoms with Crippen LogP contribution in [0.1, 0.15) is 35.6 Å². The van der Waals surface area contributed by atoms with E-state index in [1.54, 1.807) is 31.2 Å². The molecule has 0 aliphatic heterocycles. The zero-order chi connectivity index (χ0) is 17.0. The Hall–Kier alpha value is -2.38. The van der Waals surface area contributed by atoms with Crippen LogP contribution < -0.4 is 15.7 Å². The van der Waals surface area contributed by atoms with E-state index in [1.165, 1.54) is 0 Å². The monoisotopic (exact) mass is 319 g/mol. The summed E-state index contributed by atoms with van der Waals surface area (Å²) >= 11 is 0. The van der Waals surface area contributed by atoms with Gasteiger partial charge in [0, 0.05) is 17.3 Å². The van der Waals surface area contributed by atoms with Crippen LogP contribution in [0, 0.1) is 6.92 Å². The van der Waals surface area contributed by atoms with Gasteiger partial charge in [-0.2, -0.15) is 0 Å². The summed E-state index contributed by atoms with van der Waals surface area (Å²) in [5.74, 6) is 0.277. The second-order valence-corrected chi connectivity index (χ2v) is 5.58. The van der Waals surface area contributed by atoms with Gasteiger partial charge in [0.25, 0.3) is 0 Å². The number of benzene rings is 1. The van der Waals surface area contributed by atoms with E-state index in [4.69, 9.17) is 4.74 Å². The van der Waals surface area contributed by atoms with Crippen molar-refractivity contribution in [3.05, 3.63) is 51.7 Å². The number of ketones is 1. The maximum absolute atomic E-state index is 12.3. The van der Waals surface area contributed by atoms with Gasteiger partial charge in [0.15, 0.2) is 0 Å². The number of carbonyl (C=O) groups is 1. The Morgan fingerprint density at radius 3 is 2.43 bits per heavy atom. The molecule has 7 nitrogen and oxygen atoms in total. The number of hydrogen-bond acceptors (Lipinski definition) is 5. The molecule has 4 N–H and O–H groups in total. The van der Waals surface area contributed by atoms with Crippen LogP contribution in [0.5, 0.6) is 5.75 Å². The lowest BCUT2D eigenvalue weighted by atomic mass is 10.1. The van der Waals surface area contributed by atoms with Crippen molar-refractivity contribution < 1.29 is 14.6 Å². The smallest absolute Gasteiger partial charge is 0.323 e. The molecule has 0 aliphatic carbocycles. The number of ether oxygens (including phenoxy) is 1. The van der Waals surface area contributed by atoms with Crippen molar-refractivity contribution in [2.45, 2.75) is 33.0 Å². The molecule has 0 radical (unpaired) electrons. The van der Waals surface area contributed by atoms with E-state index in [0.29, 0.717) is 17.0 Å². The zero-order valence-corrected chi connectivity index (χ0v) is 13.3. The van der Waals surface area contributed by atoms with Crippen LogP contribution in [0.3, 0.4) is 0 Å². The highest BCUT2D eigenvalue weighted by molar-refractivity contribution is 6.08. The van der Waals surface area contributed by atoms with Gasteiger partial charge in [0.1, 0.15) is 24.3 Å². The average molecular weight is 319 g/mol. The molecule has 0 saturated heterocycles. The number of carbonyl (C=O) groups excluding carboxylic acids is 1. The van der Waals surface area contributed by atoms with Gasteiger partial charge in [0.2, 0.25) is 5.78 Å². The van der Waals surface area contributed by atoms with Gasteiger partial charge in [-0.05, 0) is 45.0 Å². The van der Waals surface area contributed by atoms with Crippen molar-refractivity contribution in [2.75, 3.05) is 6.61 Å². The number of nitrogens with one attached hydrogen (secondary N) is 3. The molecular formula is C16H21N3O4. The van der Waals surface area contributed by atoms with Crippen molar-refractivity contribution in [2.24, 2.45) is 0 Å². The fourth-order valence-corrected chi connectivity index (χ4v) is 2.15. The standard InChI is InChI=1S/C16H21N3O4/c1-9(2)17-13(20)8-23-12-6-4-11(5-7-12)15(21)14-10(3)18-16(22)19-14/h4-7,9,13,17,20H,8H2,1-3H3,(H2,18,19,22). The first-order chi connectivity index (χ1) is 10.9. The first-order valence-corrected chi connectivity index (χ1v) is 7.37. The molecule has 2 aromatic rings. The Morgan fingerprint density at radius 1 is 1.26 bits per heavy atom. The van der Waals surface area contributed by atoms with Gasteiger partial charge < -0.3 is 19.8 Å². The first-order valence-electron chi connectivity index (χ1n) is 7.37. The summed E-state index contributed by atoms with van der Waals surface area (Å²) in [6, 6.07) is 6.68. The minimum Gasteiger partial charge on any atom is -0.489 e. The van der Waals surface area contributed by atoms with Gasteiger partial charge in [-0.3, -0.25) is 10.1 Å².